The van der Waals surface area contributed by atoms with E-state index >= 15 is 0 Å². The summed E-state index contributed by atoms with van der Waals surface area (Å²) in [5, 5.41) is 0. The fourth-order valence-corrected chi connectivity index (χ4v) is 2.24. The fraction of sp³-hybridized carbons (Fsp3) is 1.00. The normalized spacial score (nSPS) is 22.1. The van der Waals surface area contributed by atoms with E-state index in [2.05, 4.69) is 18.7 Å². The van der Waals surface area contributed by atoms with Crippen molar-refractivity contribution in [3.05, 3.63) is 0 Å². The van der Waals surface area contributed by atoms with Gasteiger partial charge in [-0.15, -0.1) is 12.4 Å². The molecule has 2 N–H and O–H groups in total. The molecule has 0 bridgehead atoms. The molecule has 1 saturated heterocycles. The summed E-state index contributed by atoms with van der Waals surface area (Å²) in [4.78, 5) is 2.52. The monoisotopic (exact) mass is 250 g/mol. The molecule has 4 heteroatoms. The molecule has 0 spiro atoms. The second-order valence-electron chi connectivity index (χ2n) is 4.81. The molecule has 0 aromatic carbocycles. The number of ether oxygens (including phenoxy) is 1. The Balaban J connectivity index is 0.00000225. The lowest BCUT2D eigenvalue weighted by atomic mass is 9.95. The highest BCUT2D eigenvalue weighted by atomic mass is 35.5. The van der Waals surface area contributed by atoms with E-state index in [9.17, 15) is 0 Å². The first-order valence-corrected chi connectivity index (χ1v) is 6.26. The van der Waals surface area contributed by atoms with Crippen molar-refractivity contribution < 1.29 is 4.74 Å². The Hall–Kier alpha value is 0.170. The van der Waals surface area contributed by atoms with Crippen LogP contribution in [0.3, 0.4) is 0 Å². The van der Waals surface area contributed by atoms with Crippen LogP contribution in [0.25, 0.3) is 0 Å². The van der Waals surface area contributed by atoms with Gasteiger partial charge in [0.1, 0.15) is 0 Å². The molecule has 0 aromatic heterocycles. The van der Waals surface area contributed by atoms with Gasteiger partial charge in [-0.2, -0.15) is 0 Å². The number of rotatable bonds is 6. The molecule has 98 valence electrons. The lowest BCUT2D eigenvalue weighted by molar-refractivity contribution is 0.0483. The molecule has 0 saturated carbocycles. The highest BCUT2D eigenvalue weighted by molar-refractivity contribution is 5.85. The van der Waals surface area contributed by atoms with Crippen LogP contribution in [-0.4, -0.2) is 43.8 Å². The molecular weight excluding hydrogens is 224 g/mol. The number of likely N-dealkylation sites (tertiary alicyclic amines) is 1. The quantitative estimate of drug-likeness (QED) is 0.783. The molecule has 0 amide bonds. The van der Waals surface area contributed by atoms with Crippen molar-refractivity contribution >= 4 is 12.4 Å². The highest BCUT2D eigenvalue weighted by Gasteiger charge is 2.18. The van der Waals surface area contributed by atoms with Crippen LogP contribution in [0.5, 0.6) is 0 Å². The van der Waals surface area contributed by atoms with Crippen LogP contribution in [-0.2, 0) is 4.74 Å². The van der Waals surface area contributed by atoms with Crippen LogP contribution >= 0.6 is 12.4 Å². The Morgan fingerprint density at radius 1 is 1.44 bits per heavy atom. The standard InChI is InChI=1S/C12H26N2O.ClH/c1-11(2)15-9-8-14-7-3-4-12(10-14)5-6-13;/h11-12H,3-10,13H2,1-2H3;1H. The van der Waals surface area contributed by atoms with Gasteiger partial charge in [0.15, 0.2) is 0 Å². The van der Waals surface area contributed by atoms with Gasteiger partial charge in [-0.1, -0.05) is 0 Å². The van der Waals surface area contributed by atoms with Gasteiger partial charge in [-0.05, 0) is 52.1 Å². The smallest absolute Gasteiger partial charge is 0.0596 e. The third-order valence-electron chi connectivity index (χ3n) is 3.04. The summed E-state index contributed by atoms with van der Waals surface area (Å²) >= 11 is 0. The minimum Gasteiger partial charge on any atom is -0.377 e. The number of halogens is 1. The number of nitrogens with two attached hydrogens (primary N) is 1. The maximum absolute atomic E-state index is 5.60. The molecule has 1 rings (SSSR count). The van der Waals surface area contributed by atoms with E-state index in [1.807, 2.05) is 0 Å². The van der Waals surface area contributed by atoms with Crippen molar-refractivity contribution in [1.82, 2.24) is 4.90 Å². The van der Waals surface area contributed by atoms with E-state index in [0.29, 0.717) is 6.10 Å². The molecule has 1 unspecified atom stereocenters. The second-order valence-corrected chi connectivity index (χ2v) is 4.81. The van der Waals surface area contributed by atoms with Gasteiger partial charge in [0.05, 0.1) is 12.7 Å². The summed E-state index contributed by atoms with van der Waals surface area (Å²) < 4.78 is 5.57. The fourth-order valence-electron chi connectivity index (χ4n) is 2.24. The third-order valence-corrected chi connectivity index (χ3v) is 3.04. The Morgan fingerprint density at radius 3 is 2.81 bits per heavy atom. The van der Waals surface area contributed by atoms with Crippen molar-refractivity contribution in [2.75, 3.05) is 32.8 Å². The predicted molar refractivity (Wildman–Crippen MR) is 71.2 cm³/mol. The zero-order valence-corrected chi connectivity index (χ0v) is 11.5. The SMILES string of the molecule is CC(C)OCCN1CCCC(CCN)C1.Cl. The maximum Gasteiger partial charge on any atom is 0.0596 e. The van der Waals surface area contributed by atoms with E-state index in [0.717, 1.165) is 25.6 Å². The molecule has 1 aliphatic rings. The van der Waals surface area contributed by atoms with Crippen molar-refractivity contribution in [1.29, 1.82) is 0 Å². The first-order valence-electron chi connectivity index (χ1n) is 6.26. The van der Waals surface area contributed by atoms with Gasteiger partial charge in [0.2, 0.25) is 0 Å². The van der Waals surface area contributed by atoms with E-state index in [4.69, 9.17) is 10.5 Å². The van der Waals surface area contributed by atoms with Crippen molar-refractivity contribution in [3.63, 3.8) is 0 Å². The van der Waals surface area contributed by atoms with Crippen LogP contribution in [0.2, 0.25) is 0 Å². The van der Waals surface area contributed by atoms with Gasteiger partial charge in [-0.3, -0.25) is 0 Å². The summed E-state index contributed by atoms with van der Waals surface area (Å²) in [5.41, 5.74) is 5.60. The zero-order valence-electron chi connectivity index (χ0n) is 10.7. The molecule has 0 aromatic rings. The van der Waals surface area contributed by atoms with E-state index in [1.165, 1.54) is 32.4 Å². The Kier molecular flexibility index (Phi) is 9.32. The van der Waals surface area contributed by atoms with Gasteiger partial charge in [-0.25, -0.2) is 0 Å². The third kappa shape index (κ3) is 6.69. The zero-order chi connectivity index (χ0) is 11.1. The number of hydrogen-bond acceptors (Lipinski definition) is 3. The largest absolute Gasteiger partial charge is 0.377 e. The number of piperidine rings is 1. The summed E-state index contributed by atoms with van der Waals surface area (Å²) in [6.45, 7) is 9.43. The lowest BCUT2D eigenvalue weighted by Gasteiger charge is -2.32. The Morgan fingerprint density at radius 2 is 2.19 bits per heavy atom. The van der Waals surface area contributed by atoms with Crippen LogP contribution in [0.1, 0.15) is 33.1 Å². The average molecular weight is 251 g/mol. The van der Waals surface area contributed by atoms with E-state index in [-0.39, 0.29) is 12.4 Å². The first kappa shape index (κ1) is 16.2. The van der Waals surface area contributed by atoms with Crippen molar-refractivity contribution in [3.8, 4) is 0 Å². The minimum absolute atomic E-state index is 0. The highest BCUT2D eigenvalue weighted by Crippen LogP contribution is 2.18. The maximum atomic E-state index is 5.60. The summed E-state index contributed by atoms with van der Waals surface area (Å²) in [5.74, 6) is 0.822. The summed E-state index contributed by atoms with van der Waals surface area (Å²) in [7, 11) is 0. The van der Waals surface area contributed by atoms with Crippen LogP contribution < -0.4 is 5.73 Å². The Bertz CT molecular complexity index is 165. The van der Waals surface area contributed by atoms with E-state index in [1.54, 1.807) is 0 Å². The van der Waals surface area contributed by atoms with Crippen LogP contribution in [0.15, 0.2) is 0 Å². The van der Waals surface area contributed by atoms with Crippen LogP contribution in [0, 0.1) is 5.92 Å². The second kappa shape index (κ2) is 9.23. The molecule has 1 atom stereocenters. The predicted octanol–water partition coefficient (Wildman–Crippen LogP) is 1.89. The van der Waals surface area contributed by atoms with Gasteiger partial charge >= 0.3 is 0 Å². The first-order chi connectivity index (χ1) is 7.22. The molecule has 3 nitrogen and oxygen atoms in total. The molecule has 16 heavy (non-hydrogen) atoms. The van der Waals surface area contributed by atoms with E-state index < -0.39 is 0 Å². The molecule has 1 aliphatic heterocycles. The molecule has 1 heterocycles. The van der Waals surface area contributed by atoms with Crippen molar-refractivity contribution in [2.45, 2.75) is 39.2 Å². The average Bonchev–Trinajstić information content (AvgIpc) is 2.18. The Labute approximate surface area is 106 Å². The summed E-state index contributed by atoms with van der Waals surface area (Å²) in [6, 6.07) is 0. The van der Waals surface area contributed by atoms with Crippen LogP contribution in [0.4, 0.5) is 0 Å². The lowest BCUT2D eigenvalue weighted by Crippen LogP contribution is -2.38. The molecule has 0 aliphatic carbocycles. The van der Waals surface area contributed by atoms with Gasteiger partial charge in [0.25, 0.3) is 0 Å². The topological polar surface area (TPSA) is 38.5 Å². The van der Waals surface area contributed by atoms with Crippen molar-refractivity contribution in [2.24, 2.45) is 11.7 Å². The molecule has 1 fully saturated rings. The molecular formula is C12H27ClN2O. The van der Waals surface area contributed by atoms with Gasteiger partial charge < -0.3 is 15.4 Å². The number of nitrogens with zero attached hydrogens (tertiary/aromatic N) is 1. The number of hydrogen-bond donors (Lipinski definition) is 1. The van der Waals surface area contributed by atoms with Gasteiger partial charge in [0, 0.05) is 13.1 Å². The minimum atomic E-state index is 0. The summed E-state index contributed by atoms with van der Waals surface area (Å²) in [6.07, 6.45) is 4.22. The molecule has 0 radical (unpaired) electrons.